The number of carbonyl (C=O) groups excluding carboxylic acids is 1. The molecule has 2 heterocycles. The summed E-state index contributed by atoms with van der Waals surface area (Å²) in [5.41, 5.74) is 0.953. The van der Waals surface area contributed by atoms with E-state index in [0.29, 0.717) is 18.0 Å². The molecule has 0 spiro atoms. The summed E-state index contributed by atoms with van der Waals surface area (Å²) in [6, 6.07) is 6.38. The van der Waals surface area contributed by atoms with Gasteiger partial charge in [-0.2, -0.15) is 0 Å². The highest BCUT2D eigenvalue weighted by atomic mass is 32.1. The largest absolute Gasteiger partial charge is 0.373 e. The Hall–Kier alpha value is -1.79. The fraction of sp³-hybridized carbons (Fsp3) is 0.412. The minimum atomic E-state index is -0.256. The maximum atomic E-state index is 13.0. The molecule has 1 N–H and O–H groups in total. The van der Waals surface area contributed by atoms with Gasteiger partial charge in [-0.05, 0) is 30.5 Å². The van der Waals surface area contributed by atoms with Crippen molar-refractivity contribution >= 4 is 17.2 Å². The van der Waals surface area contributed by atoms with Crippen molar-refractivity contribution < 1.29 is 13.9 Å². The van der Waals surface area contributed by atoms with Crippen LogP contribution in [-0.4, -0.2) is 24.0 Å². The lowest BCUT2D eigenvalue weighted by Gasteiger charge is -2.19. The number of rotatable bonds is 5. The predicted molar refractivity (Wildman–Crippen MR) is 87.0 cm³/mol. The highest BCUT2D eigenvalue weighted by molar-refractivity contribution is 7.13. The third-order valence-corrected chi connectivity index (χ3v) is 5.16. The Labute approximate surface area is 138 Å². The first-order chi connectivity index (χ1) is 11.2. The van der Waals surface area contributed by atoms with Gasteiger partial charge in [0, 0.05) is 19.1 Å². The number of carbonyl (C=O) groups is 1. The van der Waals surface area contributed by atoms with Gasteiger partial charge in [-0.25, -0.2) is 9.37 Å². The van der Waals surface area contributed by atoms with Crippen LogP contribution in [0.1, 0.15) is 39.7 Å². The van der Waals surface area contributed by atoms with Gasteiger partial charge in [0.2, 0.25) is 0 Å². The molecule has 23 heavy (non-hydrogen) atoms. The topological polar surface area (TPSA) is 51.2 Å². The smallest absolute Gasteiger partial charge is 0.263 e. The van der Waals surface area contributed by atoms with Gasteiger partial charge in [0.25, 0.3) is 5.91 Å². The summed E-state index contributed by atoms with van der Waals surface area (Å²) in [5.74, 6) is -0.150. The van der Waals surface area contributed by atoms with E-state index in [4.69, 9.17) is 4.74 Å². The molecule has 0 unspecified atom stereocenters. The first-order valence-corrected chi connectivity index (χ1v) is 8.59. The van der Waals surface area contributed by atoms with Crippen molar-refractivity contribution in [2.75, 3.05) is 13.2 Å². The fourth-order valence-corrected chi connectivity index (χ4v) is 3.53. The average Bonchev–Trinajstić information content (AvgIpc) is 3.22. The van der Waals surface area contributed by atoms with Crippen LogP contribution in [0, 0.1) is 11.7 Å². The zero-order valence-electron chi connectivity index (χ0n) is 12.9. The number of amides is 1. The Morgan fingerprint density at radius 2 is 2.22 bits per heavy atom. The second kappa shape index (κ2) is 7.19. The average molecular weight is 334 g/mol. The third-order valence-electron chi connectivity index (χ3n) is 4.02. The van der Waals surface area contributed by atoms with Crippen molar-refractivity contribution in [3.63, 3.8) is 0 Å². The zero-order valence-corrected chi connectivity index (χ0v) is 13.7. The van der Waals surface area contributed by atoms with Crippen LogP contribution in [0.4, 0.5) is 4.39 Å². The zero-order chi connectivity index (χ0) is 16.2. The Bertz CT molecular complexity index is 671. The normalized spacial score (nSPS) is 20.6. The van der Waals surface area contributed by atoms with E-state index in [1.807, 2.05) is 6.92 Å². The number of nitrogens with zero attached hydrogens (tertiary/aromatic N) is 1. The van der Waals surface area contributed by atoms with Crippen molar-refractivity contribution in [1.29, 1.82) is 0 Å². The summed E-state index contributed by atoms with van der Waals surface area (Å²) in [4.78, 5) is 17.0. The van der Waals surface area contributed by atoms with E-state index in [0.717, 1.165) is 23.4 Å². The van der Waals surface area contributed by atoms with Crippen molar-refractivity contribution in [3.8, 4) is 0 Å². The second-order valence-electron chi connectivity index (χ2n) is 5.57. The Kier molecular flexibility index (Phi) is 5.03. The first kappa shape index (κ1) is 16.1. The van der Waals surface area contributed by atoms with Gasteiger partial charge in [-0.15, -0.1) is 11.3 Å². The van der Waals surface area contributed by atoms with E-state index in [-0.39, 0.29) is 23.7 Å². The van der Waals surface area contributed by atoms with Crippen LogP contribution in [-0.2, 0) is 11.2 Å². The molecule has 1 aliphatic rings. The van der Waals surface area contributed by atoms with Crippen LogP contribution >= 0.6 is 11.3 Å². The van der Waals surface area contributed by atoms with Crippen LogP contribution in [0.2, 0.25) is 0 Å². The standard InChI is InChI=1S/C17H19FN2O2S/c1-2-15-19-10-14(23-15)17(21)20-9-12-7-8-22-16(12)11-3-5-13(18)6-4-11/h3-6,10,12,16H,2,7-9H2,1H3,(H,20,21)/t12-,16-/m0/s1. The van der Waals surface area contributed by atoms with Crippen LogP contribution < -0.4 is 5.32 Å². The summed E-state index contributed by atoms with van der Waals surface area (Å²) in [6.45, 7) is 3.22. The number of aryl methyl sites for hydroxylation is 1. The molecule has 3 rings (SSSR count). The lowest BCUT2D eigenvalue weighted by molar-refractivity contribution is 0.0848. The summed E-state index contributed by atoms with van der Waals surface area (Å²) in [7, 11) is 0. The molecule has 6 heteroatoms. The molecule has 0 aliphatic carbocycles. The van der Waals surface area contributed by atoms with E-state index in [2.05, 4.69) is 10.3 Å². The van der Waals surface area contributed by atoms with Crippen LogP contribution in [0.5, 0.6) is 0 Å². The minimum Gasteiger partial charge on any atom is -0.373 e. The number of halogens is 1. The number of ether oxygens (including phenoxy) is 1. The lowest BCUT2D eigenvalue weighted by atomic mass is 9.95. The Morgan fingerprint density at radius 3 is 2.91 bits per heavy atom. The number of thiazole rings is 1. The molecule has 1 aliphatic heterocycles. The number of hydrogen-bond donors (Lipinski definition) is 1. The van der Waals surface area contributed by atoms with Gasteiger partial charge in [0.15, 0.2) is 0 Å². The molecular formula is C17H19FN2O2S. The molecule has 1 saturated heterocycles. The maximum Gasteiger partial charge on any atom is 0.263 e. The summed E-state index contributed by atoms with van der Waals surface area (Å²) >= 11 is 1.43. The van der Waals surface area contributed by atoms with Gasteiger partial charge < -0.3 is 10.1 Å². The first-order valence-electron chi connectivity index (χ1n) is 7.77. The predicted octanol–water partition coefficient (Wildman–Crippen LogP) is 3.35. The van der Waals surface area contributed by atoms with E-state index in [1.54, 1.807) is 18.3 Å². The molecule has 4 nitrogen and oxygen atoms in total. The molecule has 1 aromatic carbocycles. The van der Waals surface area contributed by atoms with E-state index in [1.165, 1.54) is 23.5 Å². The fourth-order valence-electron chi connectivity index (χ4n) is 2.75. The van der Waals surface area contributed by atoms with E-state index in [9.17, 15) is 9.18 Å². The van der Waals surface area contributed by atoms with Gasteiger partial charge in [0.05, 0.1) is 17.3 Å². The van der Waals surface area contributed by atoms with E-state index < -0.39 is 0 Å². The maximum absolute atomic E-state index is 13.0. The molecule has 0 radical (unpaired) electrons. The van der Waals surface area contributed by atoms with Crippen LogP contribution in [0.25, 0.3) is 0 Å². The SMILES string of the molecule is CCc1ncc(C(=O)NC[C@@H]2CCO[C@H]2c2ccc(F)cc2)s1. The minimum absolute atomic E-state index is 0.0908. The highest BCUT2D eigenvalue weighted by Crippen LogP contribution is 2.34. The molecule has 2 aromatic rings. The molecule has 0 bridgehead atoms. The quantitative estimate of drug-likeness (QED) is 0.912. The van der Waals surface area contributed by atoms with Gasteiger partial charge >= 0.3 is 0 Å². The van der Waals surface area contributed by atoms with Crippen molar-refractivity contribution in [1.82, 2.24) is 10.3 Å². The summed E-state index contributed by atoms with van der Waals surface area (Å²) in [5, 5.41) is 3.93. The Morgan fingerprint density at radius 1 is 1.43 bits per heavy atom. The molecule has 0 saturated carbocycles. The monoisotopic (exact) mass is 334 g/mol. The van der Waals surface area contributed by atoms with Gasteiger partial charge in [0.1, 0.15) is 10.7 Å². The molecule has 1 aromatic heterocycles. The van der Waals surface area contributed by atoms with Crippen molar-refractivity contribution in [2.45, 2.75) is 25.9 Å². The van der Waals surface area contributed by atoms with Crippen molar-refractivity contribution in [2.24, 2.45) is 5.92 Å². The van der Waals surface area contributed by atoms with Crippen LogP contribution in [0.15, 0.2) is 30.5 Å². The number of nitrogens with one attached hydrogen (secondary N) is 1. The molecule has 122 valence electrons. The molecule has 2 atom stereocenters. The van der Waals surface area contributed by atoms with Gasteiger partial charge in [-0.3, -0.25) is 4.79 Å². The highest BCUT2D eigenvalue weighted by Gasteiger charge is 2.30. The number of benzene rings is 1. The van der Waals surface area contributed by atoms with Crippen molar-refractivity contribution in [3.05, 3.63) is 51.7 Å². The molecule has 1 fully saturated rings. The third kappa shape index (κ3) is 3.76. The second-order valence-corrected chi connectivity index (χ2v) is 6.69. The van der Waals surface area contributed by atoms with E-state index >= 15 is 0 Å². The summed E-state index contributed by atoms with van der Waals surface area (Å²) < 4.78 is 18.8. The number of aromatic nitrogens is 1. The molecule has 1 amide bonds. The number of hydrogen-bond acceptors (Lipinski definition) is 4. The lowest BCUT2D eigenvalue weighted by Crippen LogP contribution is -2.30. The Balaban J connectivity index is 1.60. The van der Waals surface area contributed by atoms with Crippen LogP contribution in [0.3, 0.4) is 0 Å². The molecular weight excluding hydrogens is 315 g/mol. The van der Waals surface area contributed by atoms with Gasteiger partial charge in [-0.1, -0.05) is 19.1 Å². The summed E-state index contributed by atoms with van der Waals surface area (Å²) in [6.07, 6.45) is 3.25.